The van der Waals surface area contributed by atoms with Gasteiger partial charge in [0, 0.05) is 6.07 Å². The van der Waals surface area contributed by atoms with Crippen molar-refractivity contribution < 1.29 is 14.9 Å². The second-order valence-electron chi connectivity index (χ2n) is 3.69. The van der Waals surface area contributed by atoms with E-state index < -0.39 is 6.10 Å². The molecular weight excluding hydrogens is 224 g/mol. The fourth-order valence-electron chi connectivity index (χ4n) is 0.852. The molecule has 0 saturated carbocycles. The Bertz CT molecular complexity index is 353. The third-order valence-corrected chi connectivity index (χ3v) is 1.65. The normalized spacial score (nSPS) is 13.2. The van der Waals surface area contributed by atoms with Gasteiger partial charge in [-0.25, -0.2) is 0 Å². The van der Waals surface area contributed by atoms with E-state index >= 15 is 0 Å². The molecule has 1 heterocycles. The monoisotopic (exact) mass is 240 g/mol. The molecule has 1 aromatic heterocycles. The minimum atomic E-state index is -0.919. The molecule has 0 amide bonds. The van der Waals surface area contributed by atoms with Gasteiger partial charge >= 0.3 is 0 Å². The molecule has 0 aliphatic rings. The highest BCUT2D eigenvalue weighted by Gasteiger charge is 2.04. The lowest BCUT2D eigenvalue weighted by Gasteiger charge is -2.07. The van der Waals surface area contributed by atoms with Crippen LogP contribution in [0.15, 0.2) is 22.4 Å². The first-order chi connectivity index (χ1) is 8.11. The molecule has 94 valence electrons. The maximum atomic E-state index is 9.06. The van der Waals surface area contributed by atoms with Crippen molar-refractivity contribution in [3.05, 3.63) is 12.1 Å². The van der Waals surface area contributed by atoms with E-state index in [4.69, 9.17) is 14.9 Å². The van der Waals surface area contributed by atoms with E-state index in [2.05, 4.69) is 20.4 Å². The van der Waals surface area contributed by atoms with Gasteiger partial charge in [0.1, 0.15) is 12.7 Å². The maximum absolute atomic E-state index is 9.06. The summed E-state index contributed by atoms with van der Waals surface area (Å²) in [7, 11) is 0. The first-order valence-electron chi connectivity index (χ1n) is 5.28. The maximum Gasteiger partial charge on any atom is 0.233 e. The van der Waals surface area contributed by atoms with Gasteiger partial charge in [0.2, 0.25) is 5.88 Å². The Kier molecular flexibility index (Phi) is 5.44. The lowest BCUT2D eigenvalue weighted by Crippen LogP contribution is -2.21. The molecule has 17 heavy (non-hydrogen) atoms. The number of aromatic nitrogens is 2. The van der Waals surface area contributed by atoms with Crippen molar-refractivity contribution >= 4 is 5.82 Å². The third-order valence-electron chi connectivity index (χ3n) is 1.65. The van der Waals surface area contributed by atoms with Crippen LogP contribution < -0.4 is 4.74 Å². The van der Waals surface area contributed by atoms with Gasteiger partial charge in [-0.3, -0.25) is 0 Å². The van der Waals surface area contributed by atoms with Crippen molar-refractivity contribution in [3.63, 3.8) is 0 Å². The van der Waals surface area contributed by atoms with Crippen molar-refractivity contribution in [1.29, 1.82) is 0 Å². The Morgan fingerprint density at radius 1 is 1.35 bits per heavy atom. The number of hydrogen-bond acceptors (Lipinski definition) is 7. The summed E-state index contributed by atoms with van der Waals surface area (Å²) in [6.45, 7) is 3.43. The van der Waals surface area contributed by atoms with Gasteiger partial charge in [0.05, 0.1) is 12.6 Å². The van der Waals surface area contributed by atoms with Crippen LogP contribution in [0, 0.1) is 0 Å². The van der Waals surface area contributed by atoms with Gasteiger partial charge in [-0.2, -0.15) is 5.11 Å². The Labute approximate surface area is 99.2 Å². The third kappa shape index (κ3) is 5.32. The molecule has 0 aliphatic heterocycles. The Hall–Kier alpha value is -1.60. The predicted molar refractivity (Wildman–Crippen MR) is 60.3 cm³/mol. The van der Waals surface area contributed by atoms with E-state index in [0.29, 0.717) is 5.82 Å². The van der Waals surface area contributed by atoms with Crippen LogP contribution in [0.1, 0.15) is 13.8 Å². The van der Waals surface area contributed by atoms with E-state index in [0.717, 1.165) is 0 Å². The molecule has 1 atom stereocenters. The van der Waals surface area contributed by atoms with Gasteiger partial charge in [-0.1, -0.05) is 0 Å². The Morgan fingerprint density at radius 3 is 2.65 bits per heavy atom. The number of azo groups is 1. The summed E-state index contributed by atoms with van der Waals surface area (Å²) in [4.78, 5) is 0. The average Bonchev–Trinajstić information content (AvgIpc) is 2.34. The van der Waals surface area contributed by atoms with Crippen LogP contribution in [-0.4, -0.2) is 45.8 Å². The van der Waals surface area contributed by atoms with E-state index in [9.17, 15) is 0 Å². The van der Waals surface area contributed by atoms with E-state index in [1.165, 1.54) is 0 Å². The van der Waals surface area contributed by atoms with Crippen molar-refractivity contribution in [2.24, 2.45) is 10.2 Å². The molecule has 0 fully saturated rings. The summed E-state index contributed by atoms with van der Waals surface area (Å²) in [5.41, 5.74) is 0. The van der Waals surface area contributed by atoms with Crippen molar-refractivity contribution in [1.82, 2.24) is 10.2 Å². The molecule has 0 saturated heterocycles. The highest BCUT2D eigenvalue weighted by atomic mass is 16.5. The summed E-state index contributed by atoms with van der Waals surface area (Å²) in [5.74, 6) is 0.662. The van der Waals surface area contributed by atoms with Gasteiger partial charge in [0.25, 0.3) is 0 Å². The summed E-state index contributed by atoms with van der Waals surface area (Å²) in [6.07, 6.45) is -0.919. The Morgan fingerprint density at radius 2 is 2.12 bits per heavy atom. The summed E-state index contributed by atoms with van der Waals surface area (Å²) < 4.78 is 5.08. The zero-order valence-corrected chi connectivity index (χ0v) is 9.82. The van der Waals surface area contributed by atoms with Crippen LogP contribution in [0.2, 0.25) is 0 Å². The summed E-state index contributed by atoms with van der Waals surface area (Å²) in [6, 6.07) is 3.29. The van der Waals surface area contributed by atoms with Gasteiger partial charge in [0.15, 0.2) is 5.82 Å². The molecular formula is C10H16N4O3. The zero-order valence-electron chi connectivity index (χ0n) is 9.82. The summed E-state index contributed by atoms with van der Waals surface area (Å²) in [5, 5.41) is 33.0. The molecule has 1 unspecified atom stereocenters. The minimum Gasteiger partial charge on any atom is -0.474 e. The number of hydrogen-bond donors (Lipinski definition) is 2. The molecule has 1 aromatic rings. The van der Waals surface area contributed by atoms with Crippen molar-refractivity contribution in [2.45, 2.75) is 26.0 Å². The van der Waals surface area contributed by atoms with Crippen LogP contribution in [0.25, 0.3) is 0 Å². The van der Waals surface area contributed by atoms with Gasteiger partial charge in [-0.05, 0) is 19.9 Å². The van der Waals surface area contributed by atoms with E-state index in [1.54, 1.807) is 12.1 Å². The van der Waals surface area contributed by atoms with Crippen LogP contribution in [0.4, 0.5) is 5.82 Å². The number of ether oxygens (including phenoxy) is 1. The quantitative estimate of drug-likeness (QED) is 0.713. The average molecular weight is 240 g/mol. The predicted octanol–water partition coefficient (Wildman–Crippen LogP) is 0.701. The van der Waals surface area contributed by atoms with Crippen molar-refractivity contribution in [3.8, 4) is 5.88 Å². The second-order valence-corrected chi connectivity index (χ2v) is 3.69. The van der Waals surface area contributed by atoms with E-state index in [-0.39, 0.29) is 25.1 Å². The van der Waals surface area contributed by atoms with Crippen LogP contribution >= 0.6 is 0 Å². The summed E-state index contributed by atoms with van der Waals surface area (Å²) >= 11 is 0. The number of rotatable bonds is 6. The minimum absolute atomic E-state index is 0.0297. The van der Waals surface area contributed by atoms with Gasteiger partial charge in [-0.15, -0.1) is 15.3 Å². The first kappa shape index (κ1) is 13.5. The molecule has 7 heteroatoms. The SMILES string of the molecule is CC(C)N=Nc1ccc(OCC(O)CO)nn1. The first-order valence-corrected chi connectivity index (χ1v) is 5.28. The Balaban J connectivity index is 2.50. The fraction of sp³-hybridized carbons (Fsp3) is 0.600. The highest BCUT2D eigenvalue weighted by molar-refractivity contribution is 5.26. The molecule has 0 bridgehead atoms. The second kappa shape index (κ2) is 6.87. The molecule has 0 radical (unpaired) electrons. The molecule has 0 spiro atoms. The lowest BCUT2D eigenvalue weighted by molar-refractivity contribution is 0.0518. The fourth-order valence-corrected chi connectivity index (χ4v) is 0.852. The molecule has 0 aromatic carbocycles. The smallest absolute Gasteiger partial charge is 0.233 e. The highest BCUT2D eigenvalue weighted by Crippen LogP contribution is 2.12. The molecule has 1 rings (SSSR count). The van der Waals surface area contributed by atoms with Crippen LogP contribution in [0.5, 0.6) is 5.88 Å². The lowest BCUT2D eigenvalue weighted by atomic mass is 10.4. The molecule has 2 N–H and O–H groups in total. The number of aliphatic hydroxyl groups is 2. The number of aliphatic hydroxyl groups excluding tert-OH is 2. The van der Waals surface area contributed by atoms with E-state index in [1.807, 2.05) is 13.8 Å². The molecule has 0 aliphatic carbocycles. The van der Waals surface area contributed by atoms with Gasteiger partial charge < -0.3 is 14.9 Å². The van der Waals surface area contributed by atoms with Crippen LogP contribution in [-0.2, 0) is 0 Å². The number of nitrogens with zero attached hydrogens (tertiary/aromatic N) is 4. The standard InChI is InChI=1S/C10H16N4O3/c1-7(2)11-12-9-3-4-10(14-13-9)17-6-8(16)5-15/h3-4,7-8,15-16H,5-6H2,1-2H3. The topological polar surface area (TPSA) is 100 Å². The van der Waals surface area contributed by atoms with Crippen molar-refractivity contribution in [2.75, 3.05) is 13.2 Å². The largest absolute Gasteiger partial charge is 0.474 e. The molecule has 7 nitrogen and oxygen atoms in total. The zero-order chi connectivity index (χ0) is 12.7. The van der Waals surface area contributed by atoms with Crippen LogP contribution in [0.3, 0.4) is 0 Å².